The topological polar surface area (TPSA) is 12.9 Å². The highest BCUT2D eigenvalue weighted by Gasteiger charge is 2.14. The lowest BCUT2D eigenvalue weighted by Crippen LogP contribution is -1.92. The van der Waals surface area contributed by atoms with Crippen LogP contribution in [0.4, 0.5) is 0 Å². The second-order valence-corrected chi connectivity index (χ2v) is 13.6. The van der Waals surface area contributed by atoms with E-state index in [4.69, 9.17) is 4.98 Å². The molecule has 0 spiro atoms. The van der Waals surface area contributed by atoms with Crippen LogP contribution < -0.4 is 0 Å². The molecule has 0 saturated carbocycles. The fourth-order valence-corrected chi connectivity index (χ4v) is 7.30. The zero-order chi connectivity index (χ0) is 36.1. The maximum atomic E-state index is 5.12. The van der Waals surface area contributed by atoms with Gasteiger partial charge in [-0.3, -0.25) is 0 Å². The van der Waals surface area contributed by atoms with Gasteiger partial charge < -0.3 is 0 Å². The quantitative estimate of drug-likeness (QED) is 0.155. The van der Waals surface area contributed by atoms with E-state index in [2.05, 4.69) is 212 Å². The molecule has 9 aromatic rings. The number of rotatable bonds is 8. The Balaban J connectivity index is 1.08. The molecule has 0 amide bonds. The predicted molar refractivity (Wildman–Crippen MR) is 228 cm³/mol. The predicted octanol–water partition coefficient (Wildman–Crippen LogP) is 14.4. The third kappa shape index (κ3) is 6.91. The second kappa shape index (κ2) is 14.9. The molecule has 54 heavy (non-hydrogen) atoms. The molecule has 0 bridgehead atoms. The van der Waals surface area contributed by atoms with E-state index in [0.29, 0.717) is 0 Å². The summed E-state index contributed by atoms with van der Waals surface area (Å²) in [5.41, 5.74) is 18.4. The highest BCUT2D eigenvalue weighted by Crippen LogP contribution is 2.38. The van der Waals surface area contributed by atoms with Crippen LogP contribution in [0, 0.1) is 0 Å². The average molecular weight is 688 g/mol. The van der Waals surface area contributed by atoms with Gasteiger partial charge in [-0.15, -0.1) is 0 Å². The van der Waals surface area contributed by atoms with Gasteiger partial charge in [0.15, 0.2) is 0 Å². The first-order chi connectivity index (χ1) is 26.7. The number of aromatic nitrogens is 1. The van der Waals surface area contributed by atoms with Crippen LogP contribution in [-0.2, 0) is 0 Å². The summed E-state index contributed by atoms with van der Waals surface area (Å²) in [5.74, 6) is 0. The van der Waals surface area contributed by atoms with Crippen molar-refractivity contribution >= 4 is 0 Å². The first-order valence-corrected chi connectivity index (χ1v) is 18.4. The highest BCUT2D eigenvalue weighted by molar-refractivity contribution is 5.88. The van der Waals surface area contributed by atoms with E-state index in [-0.39, 0.29) is 0 Å². The molecule has 254 valence electrons. The molecule has 1 heteroatoms. The Labute approximate surface area is 317 Å². The van der Waals surface area contributed by atoms with Crippen LogP contribution in [0.3, 0.4) is 0 Å². The van der Waals surface area contributed by atoms with Gasteiger partial charge in [0.1, 0.15) is 0 Å². The molecule has 0 aliphatic carbocycles. The maximum Gasteiger partial charge on any atom is 0.0715 e. The minimum atomic E-state index is 0.959. The van der Waals surface area contributed by atoms with E-state index >= 15 is 0 Å². The summed E-state index contributed by atoms with van der Waals surface area (Å²) in [6.45, 7) is 0. The summed E-state index contributed by atoms with van der Waals surface area (Å²) in [5, 5.41) is 0. The molecule has 0 unspecified atom stereocenters. The molecule has 0 aliphatic rings. The van der Waals surface area contributed by atoms with Crippen LogP contribution in [0.1, 0.15) is 0 Å². The molecule has 0 N–H and O–H groups in total. The van der Waals surface area contributed by atoms with E-state index in [1.165, 1.54) is 61.2 Å². The Morgan fingerprint density at radius 3 is 0.963 bits per heavy atom. The SMILES string of the molecule is c1ccc(-c2cc(-c3ccccc3)cc(-c3ccc(-c4cccc(-c5ccccc5-c5cc(-c6ccccc6)nc(-c6ccccc6)c5)c4)cc3)c2)cc1. The molecule has 1 aromatic heterocycles. The van der Waals surface area contributed by atoms with Crippen LogP contribution in [-0.4, -0.2) is 4.98 Å². The van der Waals surface area contributed by atoms with Gasteiger partial charge in [0.25, 0.3) is 0 Å². The van der Waals surface area contributed by atoms with Crippen molar-refractivity contribution in [1.82, 2.24) is 4.98 Å². The standard InChI is InChI=1S/C53H37N/c1-5-16-38(17-6-1)46-33-47(39-18-7-2-8-19-39)35-48(34-46)41-30-28-40(29-31-41)44-24-15-25-45(32-44)50-26-13-14-27-51(50)49-36-52(42-20-9-3-10-21-42)54-53(37-49)43-22-11-4-12-23-43/h1-37H. The van der Waals surface area contributed by atoms with Crippen molar-refractivity contribution < 1.29 is 0 Å². The molecule has 0 saturated heterocycles. The van der Waals surface area contributed by atoms with Crippen molar-refractivity contribution in [3.63, 3.8) is 0 Å². The minimum Gasteiger partial charge on any atom is -0.248 e. The van der Waals surface area contributed by atoms with E-state index in [1.807, 2.05) is 12.1 Å². The van der Waals surface area contributed by atoms with Gasteiger partial charge in [-0.2, -0.15) is 0 Å². The molecule has 9 rings (SSSR count). The number of nitrogens with zero attached hydrogens (tertiary/aromatic N) is 1. The molecule has 0 fully saturated rings. The summed E-state index contributed by atoms with van der Waals surface area (Å²) >= 11 is 0. The van der Waals surface area contributed by atoms with Gasteiger partial charge in [-0.1, -0.05) is 188 Å². The Bertz CT molecular complexity index is 2550. The maximum absolute atomic E-state index is 5.12. The summed E-state index contributed by atoms with van der Waals surface area (Å²) in [7, 11) is 0. The van der Waals surface area contributed by atoms with Gasteiger partial charge in [0, 0.05) is 11.1 Å². The third-order valence-corrected chi connectivity index (χ3v) is 10.1. The molecule has 0 atom stereocenters. The fourth-order valence-electron chi connectivity index (χ4n) is 7.30. The smallest absolute Gasteiger partial charge is 0.0715 e. The van der Waals surface area contributed by atoms with Crippen molar-refractivity contribution in [2.24, 2.45) is 0 Å². The first-order valence-electron chi connectivity index (χ1n) is 18.4. The van der Waals surface area contributed by atoms with E-state index < -0.39 is 0 Å². The van der Waals surface area contributed by atoms with Gasteiger partial charge in [0.2, 0.25) is 0 Å². The lowest BCUT2D eigenvalue weighted by molar-refractivity contribution is 1.32. The van der Waals surface area contributed by atoms with Crippen LogP contribution >= 0.6 is 0 Å². The summed E-state index contributed by atoms with van der Waals surface area (Å²) in [6.07, 6.45) is 0. The average Bonchev–Trinajstić information content (AvgIpc) is 3.27. The molecule has 0 aliphatic heterocycles. The van der Waals surface area contributed by atoms with Gasteiger partial charge in [0.05, 0.1) is 11.4 Å². The normalized spacial score (nSPS) is 11.0. The molecular formula is C53H37N. The lowest BCUT2D eigenvalue weighted by atomic mass is 9.91. The summed E-state index contributed by atoms with van der Waals surface area (Å²) in [4.78, 5) is 5.12. The monoisotopic (exact) mass is 687 g/mol. The zero-order valence-electron chi connectivity index (χ0n) is 29.8. The van der Waals surface area contributed by atoms with Crippen molar-refractivity contribution in [2.75, 3.05) is 0 Å². The van der Waals surface area contributed by atoms with Crippen molar-refractivity contribution in [1.29, 1.82) is 0 Å². The number of hydrogen-bond donors (Lipinski definition) is 0. The number of hydrogen-bond acceptors (Lipinski definition) is 1. The first kappa shape index (κ1) is 32.8. The van der Waals surface area contributed by atoms with E-state index in [1.54, 1.807) is 0 Å². The zero-order valence-corrected chi connectivity index (χ0v) is 29.8. The van der Waals surface area contributed by atoms with Crippen LogP contribution in [0.15, 0.2) is 224 Å². The van der Waals surface area contributed by atoms with E-state index in [9.17, 15) is 0 Å². The van der Waals surface area contributed by atoms with Crippen molar-refractivity contribution in [3.05, 3.63) is 224 Å². The molecule has 1 nitrogen and oxygen atoms in total. The summed E-state index contributed by atoms with van der Waals surface area (Å²) < 4.78 is 0. The van der Waals surface area contributed by atoms with Gasteiger partial charge >= 0.3 is 0 Å². The van der Waals surface area contributed by atoms with Gasteiger partial charge in [-0.05, 0) is 103 Å². The molecule has 1 heterocycles. The van der Waals surface area contributed by atoms with Crippen molar-refractivity contribution in [2.45, 2.75) is 0 Å². The summed E-state index contributed by atoms with van der Waals surface area (Å²) in [6, 6.07) is 80.1. The second-order valence-electron chi connectivity index (χ2n) is 13.6. The number of benzene rings is 8. The van der Waals surface area contributed by atoms with Crippen LogP contribution in [0.5, 0.6) is 0 Å². The molecular weight excluding hydrogens is 651 g/mol. The largest absolute Gasteiger partial charge is 0.248 e. The highest BCUT2D eigenvalue weighted by atomic mass is 14.7. The van der Waals surface area contributed by atoms with E-state index in [0.717, 1.165) is 28.1 Å². The van der Waals surface area contributed by atoms with Crippen LogP contribution in [0.25, 0.3) is 89.3 Å². The lowest BCUT2D eigenvalue weighted by Gasteiger charge is -2.15. The van der Waals surface area contributed by atoms with Crippen LogP contribution in [0.2, 0.25) is 0 Å². The van der Waals surface area contributed by atoms with Crippen molar-refractivity contribution in [3.8, 4) is 89.3 Å². The molecule has 8 aromatic carbocycles. The third-order valence-electron chi connectivity index (χ3n) is 10.1. The minimum absolute atomic E-state index is 0.959. The molecule has 0 radical (unpaired) electrons. The Hall–Kier alpha value is -7.09. The Kier molecular flexibility index (Phi) is 9.03. The fraction of sp³-hybridized carbons (Fsp3) is 0. The van der Waals surface area contributed by atoms with Gasteiger partial charge in [-0.25, -0.2) is 4.98 Å². The Morgan fingerprint density at radius 2 is 0.500 bits per heavy atom. The Morgan fingerprint density at radius 1 is 0.185 bits per heavy atom. The number of pyridine rings is 1.